The average Bonchev–Trinajstić information content (AvgIpc) is 2.58. The van der Waals surface area contributed by atoms with E-state index < -0.39 is 5.54 Å². The van der Waals surface area contributed by atoms with Crippen molar-refractivity contribution in [1.29, 1.82) is 5.26 Å². The highest BCUT2D eigenvalue weighted by molar-refractivity contribution is 5.41. The van der Waals surface area contributed by atoms with Crippen LogP contribution in [0.1, 0.15) is 17.0 Å². The molecule has 1 aliphatic heterocycles. The van der Waals surface area contributed by atoms with Crippen molar-refractivity contribution < 1.29 is 0 Å². The molecule has 1 fully saturated rings. The van der Waals surface area contributed by atoms with Gasteiger partial charge < -0.3 is 5.32 Å². The lowest BCUT2D eigenvalue weighted by Crippen LogP contribution is -2.61. The molecule has 1 unspecified atom stereocenters. The van der Waals surface area contributed by atoms with E-state index in [9.17, 15) is 5.26 Å². The third kappa shape index (κ3) is 2.69. The Bertz CT molecular complexity index is 570. The smallest absolute Gasteiger partial charge is 0.130 e. The van der Waals surface area contributed by atoms with Crippen LogP contribution in [0.4, 0.5) is 0 Å². The van der Waals surface area contributed by atoms with Gasteiger partial charge in [0.05, 0.1) is 6.07 Å². The van der Waals surface area contributed by atoms with Crippen LogP contribution < -0.4 is 10.6 Å². The minimum atomic E-state index is -0.610. The minimum Gasteiger partial charge on any atom is -0.313 e. The first kappa shape index (κ1) is 13.8. The summed E-state index contributed by atoms with van der Waals surface area (Å²) in [6.07, 6.45) is 0. The SMILES string of the molecule is N#CC1(C(c2ccccc2)c2ccccc2)CNCCN1. The monoisotopic (exact) mass is 277 g/mol. The Morgan fingerprint density at radius 2 is 1.48 bits per heavy atom. The summed E-state index contributed by atoms with van der Waals surface area (Å²) in [7, 11) is 0. The molecule has 0 aromatic heterocycles. The van der Waals surface area contributed by atoms with Crippen molar-refractivity contribution in [3.05, 3.63) is 71.8 Å². The van der Waals surface area contributed by atoms with Crippen molar-refractivity contribution >= 4 is 0 Å². The van der Waals surface area contributed by atoms with E-state index in [1.807, 2.05) is 36.4 Å². The van der Waals surface area contributed by atoms with Gasteiger partial charge in [-0.15, -0.1) is 0 Å². The third-order valence-corrected chi connectivity index (χ3v) is 4.10. The Hall–Kier alpha value is -2.15. The molecule has 0 saturated carbocycles. The predicted octanol–water partition coefficient (Wildman–Crippen LogP) is 2.27. The zero-order valence-electron chi connectivity index (χ0n) is 11.9. The van der Waals surface area contributed by atoms with Gasteiger partial charge in [-0.2, -0.15) is 5.26 Å². The Balaban J connectivity index is 2.10. The van der Waals surface area contributed by atoms with E-state index >= 15 is 0 Å². The fourth-order valence-electron chi connectivity index (χ4n) is 3.12. The van der Waals surface area contributed by atoms with Gasteiger partial charge in [0.25, 0.3) is 0 Å². The van der Waals surface area contributed by atoms with Crippen LogP contribution in [0.5, 0.6) is 0 Å². The topological polar surface area (TPSA) is 47.9 Å². The Kier molecular flexibility index (Phi) is 4.01. The lowest BCUT2D eigenvalue weighted by molar-refractivity contribution is 0.312. The fourth-order valence-corrected chi connectivity index (χ4v) is 3.12. The molecule has 0 bridgehead atoms. The molecular formula is C18H19N3. The molecule has 0 spiro atoms. The zero-order chi connectivity index (χ0) is 14.5. The van der Waals surface area contributed by atoms with Crippen LogP contribution in [-0.2, 0) is 0 Å². The highest BCUT2D eigenvalue weighted by atomic mass is 15.1. The molecule has 2 aromatic carbocycles. The van der Waals surface area contributed by atoms with Gasteiger partial charge >= 0.3 is 0 Å². The van der Waals surface area contributed by atoms with E-state index in [-0.39, 0.29) is 5.92 Å². The van der Waals surface area contributed by atoms with E-state index in [0.717, 1.165) is 13.1 Å². The number of rotatable bonds is 3. The van der Waals surface area contributed by atoms with E-state index in [4.69, 9.17) is 0 Å². The molecule has 3 rings (SSSR count). The largest absolute Gasteiger partial charge is 0.313 e. The summed E-state index contributed by atoms with van der Waals surface area (Å²) < 4.78 is 0. The first-order valence-corrected chi connectivity index (χ1v) is 7.33. The maximum absolute atomic E-state index is 9.88. The first-order chi connectivity index (χ1) is 10.4. The molecule has 1 aliphatic rings. The quantitative estimate of drug-likeness (QED) is 0.905. The molecule has 1 saturated heterocycles. The van der Waals surface area contributed by atoms with Crippen molar-refractivity contribution in [3.8, 4) is 6.07 Å². The van der Waals surface area contributed by atoms with Gasteiger partial charge in [-0.05, 0) is 11.1 Å². The van der Waals surface area contributed by atoms with Crippen molar-refractivity contribution in [3.63, 3.8) is 0 Å². The van der Waals surface area contributed by atoms with Crippen molar-refractivity contribution in [2.24, 2.45) is 0 Å². The third-order valence-electron chi connectivity index (χ3n) is 4.10. The summed E-state index contributed by atoms with van der Waals surface area (Å²) >= 11 is 0. The van der Waals surface area contributed by atoms with Crippen LogP contribution >= 0.6 is 0 Å². The number of nitriles is 1. The molecule has 2 N–H and O–H groups in total. The van der Waals surface area contributed by atoms with Crippen molar-refractivity contribution in [1.82, 2.24) is 10.6 Å². The Morgan fingerprint density at radius 1 is 0.905 bits per heavy atom. The number of nitrogens with one attached hydrogen (secondary N) is 2. The number of hydrogen-bond donors (Lipinski definition) is 2. The van der Waals surface area contributed by atoms with Crippen LogP contribution in [0.3, 0.4) is 0 Å². The number of benzene rings is 2. The van der Waals surface area contributed by atoms with Crippen molar-refractivity contribution in [2.45, 2.75) is 11.5 Å². The molecule has 106 valence electrons. The summed E-state index contributed by atoms with van der Waals surface area (Å²) in [5, 5.41) is 16.7. The van der Waals surface area contributed by atoms with E-state index in [0.29, 0.717) is 6.54 Å². The van der Waals surface area contributed by atoms with Gasteiger partial charge in [0.2, 0.25) is 0 Å². The van der Waals surface area contributed by atoms with Gasteiger partial charge in [0, 0.05) is 25.6 Å². The maximum Gasteiger partial charge on any atom is 0.130 e. The zero-order valence-corrected chi connectivity index (χ0v) is 11.9. The van der Waals surface area contributed by atoms with Crippen molar-refractivity contribution in [2.75, 3.05) is 19.6 Å². The normalized spacial score (nSPS) is 21.9. The Morgan fingerprint density at radius 3 is 1.90 bits per heavy atom. The standard InChI is InChI=1S/C18H19N3/c19-13-18(14-20-11-12-21-18)17(15-7-3-1-4-8-15)16-9-5-2-6-10-16/h1-10,17,20-21H,11-12,14H2. The number of hydrogen-bond acceptors (Lipinski definition) is 3. The molecule has 21 heavy (non-hydrogen) atoms. The molecule has 1 heterocycles. The van der Waals surface area contributed by atoms with Crippen LogP contribution in [-0.4, -0.2) is 25.2 Å². The molecular weight excluding hydrogens is 258 g/mol. The molecule has 0 amide bonds. The van der Waals surface area contributed by atoms with E-state index in [1.54, 1.807) is 0 Å². The second-order valence-corrected chi connectivity index (χ2v) is 5.44. The molecule has 2 aromatic rings. The summed E-state index contributed by atoms with van der Waals surface area (Å²) in [4.78, 5) is 0. The summed E-state index contributed by atoms with van der Waals surface area (Å²) in [5.74, 6) is 0.0118. The van der Waals surface area contributed by atoms with E-state index in [1.165, 1.54) is 11.1 Å². The lowest BCUT2D eigenvalue weighted by atomic mass is 9.75. The number of nitrogens with zero attached hydrogens (tertiary/aromatic N) is 1. The van der Waals surface area contributed by atoms with Gasteiger partial charge in [0.1, 0.15) is 5.54 Å². The maximum atomic E-state index is 9.88. The van der Waals surface area contributed by atoms with Gasteiger partial charge in [-0.3, -0.25) is 5.32 Å². The fraction of sp³-hybridized carbons (Fsp3) is 0.278. The van der Waals surface area contributed by atoms with Gasteiger partial charge in [0.15, 0.2) is 0 Å². The van der Waals surface area contributed by atoms with Crippen LogP contribution in [0.25, 0.3) is 0 Å². The highest BCUT2D eigenvalue weighted by Gasteiger charge is 2.41. The second kappa shape index (κ2) is 6.09. The minimum absolute atomic E-state index is 0.0118. The summed E-state index contributed by atoms with van der Waals surface area (Å²) in [6.45, 7) is 2.36. The number of piperazine rings is 1. The van der Waals surface area contributed by atoms with Crippen LogP contribution in [0.2, 0.25) is 0 Å². The summed E-state index contributed by atoms with van der Waals surface area (Å²) in [5.41, 5.74) is 1.73. The molecule has 3 nitrogen and oxygen atoms in total. The Labute approximate surface area is 125 Å². The molecule has 3 heteroatoms. The summed E-state index contributed by atoms with van der Waals surface area (Å²) in [6, 6.07) is 23.1. The van der Waals surface area contributed by atoms with Gasteiger partial charge in [-0.1, -0.05) is 60.7 Å². The predicted molar refractivity (Wildman–Crippen MR) is 83.9 cm³/mol. The van der Waals surface area contributed by atoms with Crippen LogP contribution in [0.15, 0.2) is 60.7 Å². The highest BCUT2D eigenvalue weighted by Crippen LogP contribution is 2.35. The van der Waals surface area contributed by atoms with E-state index in [2.05, 4.69) is 41.0 Å². The first-order valence-electron chi connectivity index (χ1n) is 7.33. The lowest BCUT2D eigenvalue weighted by Gasteiger charge is -2.40. The van der Waals surface area contributed by atoms with Gasteiger partial charge in [-0.25, -0.2) is 0 Å². The molecule has 0 aliphatic carbocycles. The second-order valence-electron chi connectivity index (χ2n) is 5.44. The molecule has 0 radical (unpaired) electrons. The average molecular weight is 277 g/mol. The van der Waals surface area contributed by atoms with Crippen LogP contribution in [0, 0.1) is 11.3 Å². The molecule has 1 atom stereocenters.